The Hall–Kier alpha value is -8.80. The molecule has 84 heavy (non-hydrogen) atoms. The number of aromatic hydroxyl groups is 1. The number of aliphatic hydroxyl groups is 1. The smallest absolute Gasteiger partial charge is 0.343 e. The Balaban J connectivity index is 0.000000119. The van der Waals surface area contributed by atoms with E-state index >= 15 is 0 Å². The third-order valence-corrected chi connectivity index (χ3v) is 19.4. The first-order valence-electron chi connectivity index (χ1n) is 28.3. The zero-order chi connectivity index (χ0) is 57.9. The first-order chi connectivity index (χ1) is 40.6. The van der Waals surface area contributed by atoms with Gasteiger partial charge >= 0.3 is 11.3 Å². The van der Waals surface area contributed by atoms with E-state index < -0.39 is 69.5 Å². The standard InChI is InChI=1S/C34H26O8.C19H16O4.C15H10O4/c1-17(35)15-22(18-9-3-2-4-10-18)26-28(21-13-7-8-14-25(21)40-32(26)39)41-29-24-16-23(27(29)36)33-30(37)19-11-5-6-12-20(19)31(38)34(24,33)42-33;1-12(20)11-15(13-7-3-2-4-8-13)17-18(21)14-9-5-6-10-16(14)23-19(17)22;16-12-6-3-1-2-4-7(6)13(17)15-9-5-8(10-11(9)18-10)14(12,15)19-15/h2-14,22-24,27,29,36H,15-16H2,1H3;2-10,15,21H,11H2,1H3;1-4,8-11H,5H2/t22?,23-,24+,27?,29?,33?,34?;;8-,9+,10?,11?,14?,15?/m0../s1. The number of aliphatic hydroxyl groups excluding tert-OH is 1. The van der Waals surface area contributed by atoms with Gasteiger partial charge in [0.1, 0.15) is 40.3 Å². The molecule has 0 radical (unpaired) electrons. The van der Waals surface area contributed by atoms with Gasteiger partial charge in [0, 0.05) is 70.6 Å². The minimum absolute atomic E-state index is 0.00384. The molecule has 3 aliphatic heterocycles. The molecular weight excluding hydrogens is 1070 g/mol. The van der Waals surface area contributed by atoms with E-state index in [0.717, 1.165) is 17.5 Å². The van der Waals surface area contributed by atoms with Gasteiger partial charge in [-0.25, -0.2) is 9.59 Å². The molecule has 16 heteroatoms. The molecule has 0 spiro atoms. The van der Waals surface area contributed by atoms with Gasteiger partial charge in [0.05, 0.1) is 40.2 Å². The van der Waals surface area contributed by atoms with Crippen LogP contribution in [0.4, 0.5) is 0 Å². The minimum atomic E-state index is -1.42. The van der Waals surface area contributed by atoms with E-state index in [0.29, 0.717) is 50.6 Å². The van der Waals surface area contributed by atoms with Crippen molar-refractivity contribution < 1.29 is 66.8 Å². The second kappa shape index (κ2) is 18.3. The number of ketones is 6. The fraction of sp³-hybridized carbons (Fsp3) is 0.294. The number of para-hydroxylation sites is 2. The number of carbonyl (C=O) groups excluding carboxylic acids is 6. The summed E-state index contributed by atoms with van der Waals surface area (Å²) >= 11 is 0. The van der Waals surface area contributed by atoms with Gasteiger partial charge in [-0.3, -0.25) is 28.8 Å². The number of hydrogen-bond donors (Lipinski definition) is 2. The van der Waals surface area contributed by atoms with Crippen molar-refractivity contribution in [2.75, 3.05) is 0 Å². The Morgan fingerprint density at radius 3 is 1.37 bits per heavy atom. The maximum absolute atomic E-state index is 13.9. The largest absolute Gasteiger partial charge is 0.507 e. The lowest BCUT2D eigenvalue weighted by Gasteiger charge is -2.36. The van der Waals surface area contributed by atoms with Crippen molar-refractivity contribution in [1.29, 1.82) is 0 Å². The summed E-state index contributed by atoms with van der Waals surface area (Å²) in [6.45, 7) is 2.93. The van der Waals surface area contributed by atoms with E-state index in [2.05, 4.69) is 0 Å². The number of benzene rings is 6. The van der Waals surface area contributed by atoms with Crippen LogP contribution in [0, 0.1) is 23.7 Å². The molecule has 16 nitrogen and oxygen atoms in total. The Labute approximate surface area is 477 Å². The summed E-state index contributed by atoms with van der Waals surface area (Å²) in [4.78, 5) is 103. The molecule has 5 heterocycles. The molecule has 17 rings (SSSR count). The van der Waals surface area contributed by atoms with Crippen LogP contribution in [0.25, 0.3) is 21.9 Å². The maximum Gasteiger partial charge on any atom is 0.343 e. The van der Waals surface area contributed by atoms with Crippen LogP contribution in [-0.4, -0.2) is 91.7 Å². The van der Waals surface area contributed by atoms with Crippen molar-refractivity contribution >= 4 is 56.6 Å². The number of fused-ring (bicyclic) bond motifs is 11. The van der Waals surface area contributed by atoms with E-state index in [1.54, 1.807) is 97.1 Å². The summed E-state index contributed by atoms with van der Waals surface area (Å²) in [7, 11) is 0. The highest BCUT2D eigenvalue weighted by molar-refractivity contribution is 6.27. The lowest BCUT2D eigenvalue weighted by molar-refractivity contribution is -0.118. The van der Waals surface area contributed by atoms with Crippen LogP contribution in [-0.2, 0) is 23.8 Å². The number of epoxide rings is 3. The van der Waals surface area contributed by atoms with Crippen LogP contribution < -0.4 is 16.0 Å². The summed E-state index contributed by atoms with van der Waals surface area (Å²) in [5.74, 6) is -2.94. The summed E-state index contributed by atoms with van der Waals surface area (Å²) in [5, 5.41) is 23.2. The van der Waals surface area contributed by atoms with Gasteiger partial charge in [0.15, 0.2) is 45.5 Å². The normalized spacial score (nSPS) is 31.1. The zero-order valence-electron chi connectivity index (χ0n) is 45.2. The third-order valence-electron chi connectivity index (χ3n) is 19.4. The monoisotopic (exact) mass is 1120 g/mol. The van der Waals surface area contributed by atoms with Crippen molar-refractivity contribution in [3.63, 3.8) is 0 Å². The average Bonchev–Trinajstić information content (AvgIpc) is 1.45. The van der Waals surface area contributed by atoms with Gasteiger partial charge in [0.25, 0.3) is 0 Å². The van der Waals surface area contributed by atoms with Gasteiger partial charge in [-0.15, -0.1) is 0 Å². The molecule has 4 saturated carbocycles. The van der Waals surface area contributed by atoms with Crippen LogP contribution in [0.1, 0.15) is 115 Å². The highest BCUT2D eigenvalue weighted by atomic mass is 16.7. The van der Waals surface area contributed by atoms with Crippen molar-refractivity contribution in [3.8, 4) is 11.5 Å². The van der Waals surface area contributed by atoms with Crippen molar-refractivity contribution in [1.82, 2.24) is 0 Å². The van der Waals surface area contributed by atoms with Crippen LogP contribution in [0.3, 0.4) is 0 Å². The fourth-order valence-electron chi connectivity index (χ4n) is 15.9. The summed E-state index contributed by atoms with van der Waals surface area (Å²) in [5.41, 5.74) is -1.68. The predicted octanol–water partition coefficient (Wildman–Crippen LogP) is 8.85. The van der Waals surface area contributed by atoms with Crippen LogP contribution in [0.15, 0.2) is 176 Å². The number of Topliss-reactive ketones (excluding diaryl/α,β-unsaturated/α-hetero) is 6. The third kappa shape index (κ3) is 6.90. The van der Waals surface area contributed by atoms with Crippen molar-refractivity contribution in [2.45, 2.75) is 98.2 Å². The van der Waals surface area contributed by atoms with Crippen molar-refractivity contribution in [2.24, 2.45) is 23.7 Å². The Bertz CT molecular complexity index is 4280. The van der Waals surface area contributed by atoms with Gasteiger partial charge in [-0.2, -0.15) is 0 Å². The molecule has 0 amide bonds. The number of hydrogen-bond acceptors (Lipinski definition) is 16. The Morgan fingerprint density at radius 2 is 0.881 bits per heavy atom. The van der Waals surface area contributed by atoms with Crippen molar-refractivity contribution in [3.05, 3.63) is 223 Å². The quantitative estimate of drug-likeness (QED) is 0.0958. The molecule has 6 aromatic carbocycles. The average molecular weight is 1130 g/mol. The van der Waals surface area contributed by atoms with Crippen LogP contribution in [0.5, 0.6) is 11.5 Å². The number of ether oxygens (including phenoxy) is 4. The van der Waals surface area contributed by atoms with E-state index in [1.807, 2.05) is 60.7 Å². The van der Waals surface area contributed by atoms with E-state index in [9.17, 15) is 48.6 Å². The predicted molar refractivity (Wildman–Crippen MR) is 299 cm³/mol. The maximum atomic E-state index is 13.9. The summed E-state index contributed by atoms with van der Waals surface area (Å²) in [6.07, 6.45) is -0.337. The molecule has 7 fully saturated rings. The molecule has 14 atom stereocenters. The second-order valence-corrected chi connectivity index (χ2v) is 23.6. The van der Waals surface area contributed by atoms with Gasteiger partial charge in [-0.1, -0.05) is 133 Å². The number of rotatable bonds is 10. The lowest BCUT2D eigenvalue weighted by atomic mass is 9.66. The second-order valence-electron chi connectivity index (χ2n) is 23.6. The van der Waals surface area contributed by atoms with E-state index in [-0.39, 0.29) is 94.2 Å². The molecule has 4 bridgehead atoms. The molecule has 9 aliphatic rings. The highest BCUT2D eigenvalue weighted by Gasteiger charge is 2.97. The molecule has 8 aromatic rings. The fourth-order valence-corrected chi connectivity index (χ4v) is 15.9. The van der Waals surface area contributed by atoms with Gasteiger partial charge in [-0.05, 0) is 62.1 Å². The molecule has 6 aliphatic carbocycles. The Morgan fingerprint density at radius 1 is 0.500 bits per heavy atom. The van der Waals surface area contributed by atoms with Crippen LogP contribution in [0.2, 0.25) is 0 Å². The summed E-state index contributed by atoms with van der Waals surface area (Å²) < 4.78 is 35.4. The molecule has 2 aromatic heterocycles. The summed E-state index contributed by atoms with van der Waals surface area (Å²) in [6, 6.07) is 45.9. The molecule has 2 N–H and O–H groups in total. The lowest BCUT2D eigenvalue weighted by Crippen LogP contribution is -2.58. The molecule has 10 unspecified atom stereocenters. The first-order valence-corrected chi connectivity index (χ1v) is 28.3. The van der Waals surface area contributed by atoms with Gasteiger partial charge in [0.2, 0.25) is 0 Å². The van der Waals surface area contributed by atoms with E-state index in [1.165, 1.54) is 13.8 Å². The zero-order valence-corrected chi connectivity index (χ0v) is 45.2. The molecule has 3 saturated heterocycles. The molecule has 420 valence electrons. The Kier molecular flexibility index (Phi) is 11.4. The first kappa shape index (κ1) is 52.0. The van der Waals surface area contributed by atoms with E-state index in [4.69, 9.17) is 27.8 Å². The molecular formula is C68H52O16. The topological polar surface area (TPSA) is 250 Å². The SMILES string of the molecule is CC(=O)CC(c1ccccc1)c1c(O)c2ccccc2oc1=O.CC(=O)CC(c1ccccc1)c1c(OC2C(O)[C@@H]3C[C@H]2C24OC32C(=O)c2ccccc2C4=O)c2ccccc2oc1=O.O=C1c2ccccc2C(=O)C23OC12[C@@H]1C[C@H]3C2OC21. The van der Waals surface area contributed by atoms with Gasteiger partial charge < -0.3 is 38.0 Å². The highest BCUT2D eigenvalue weighted by Crippen LogP contribution is 2.79. The number of carbonyl (C=O) groups is 6. The minimum Gasteiger partial charge on any atom is -0.507 e. The van der Waals surface area contributed by atoms with Crippen LogP contribution >= 0.6 is 0 Å².